The summed E-state index contributed by atoms with van der Waals surface area (Å²) in [7, 11) is 0. The minimum Gasteiger partial charge on any atom is -0.459 e. The van der Waals surface area contributed by atoms with Gasteiger partial charge in [-0.25, -0.2) is 0 Å². The molecule has 4 aromatic rings. The van der Waals surface area contributed by atoms with Crippen LogP contribution in [0.3, 0.4) is 0 Å². The van der Waals surface area contributed by atoms with E-state index >= 15 is 0 Å². The van der Waals surface area contributed by atoms with Crippen molar-refractivity contribution in [2.45, 2.75) is 19.0 Å². The van der Waals surface area contributed by atoms with Gasteiger partial charge in [-0.15, -0.1) is 0 Å². The molecule has 3 heterocycles. The van der Waals surface area contributed by atoms with Gasteiger partial charge in [-0.1, -0.05) is 47.0 Å². The number of thiocarbonyl (C=S) groups is 1. The maximum absolute atomic E-state index is 6.42. The lowest BCUT2D eigenvalue weighted by atomic mass is 10.0. The molecule has 1 saturated heterocycles. The van der Waals surface area contributed by atoms with Gasteiger partial charge in [0.05, 0.1) is 16.8 Å². The van der Waals surface area contributed by atoms with Crippen molar-refractivity contribution in [1.82, 2.24) is 10.3 Å². The first-order valence-corrected chi connectivity index (χ1v) is 11.3. The quantitative estimate of drug-likeness (QED) is 0.315. The number of nitrogens with zero attached hydrogens (tertiary/aromatic N) is 2. The topological polar surface area (TPSA) is 41.3 Å². The van der Waals surface area contributed by atoms with Gasteiger partial charge in [0, 0.05) is 22.5 Å². The summed E-state index contributed by atoms with van der Waals surface area (Å²) in [5.41, 5.74) is 3.84. The fourth-order valence-corrected chi connectivity index (χ4v) is 4.82. The van der Waals surface area contributed by atoms with E-state index in [9.17, 15) is 0 Å². The number of aromatic nitrogens is 1. The molecule has 1 N–H and O–H groups in total. The van der Waals surface area contributed by atoms with Gasteiger partial charge in [0.2, 0.25) is 0 Å². The zero-order chi connectivity index (χ0) is 22.2. The van der Waals surface area contributed by atoms with Crippen LogP contribution in [-0.2, 0) is 0 Å². The van der Waals surface area contributed by atoms with Crippen LogP contribution in [0.1, 0.15) is 29.1 Å². The maximum Gasteiger partial charge on any atom is 0.174 e. The fraction of sp³-hybridized carbons (Fsp3) is 0.120. The molecule has 0 saturated carbocycles. The number of pyridine rings is 1. The Hall–Kier alpha value is -2.86. The van der Waals surface area contributed by atoms with Crippen LogP contribution in [0.25, 0.3) is 11.3 Å². The summed E-state index contributed by atoms with van der Waals surface area (Å²) < 4.78 is 6.35. The van der Waals surface area contributed by atoms with Gasteiger partial charge in [0.15, 0.2) is 5.11 Å². The molecule has 32 heavy (non-hydrogen) atoms. The van der Waals surface area contributed by atoms with E-state index in [0.717, 1.165) is 22.7 Å². The summed E-state index contributed by atoms with van der Waals surface area (Å²) in [4.78, 5) is 6.66. The van der Waals surface area contributed by atoms with Gasteiger partial charge in [-0.3, -0.25) is 4.98 Å². The number of benzene rings is 2. The second-order valence-electron chi connectivity index (χ2n) is 7.66. The van der Waals surface area contributed by atoms with Crippen molar-refractivity contribution in [2.24, 2.45) is 0 Å². The molecule has 2 aromatic carbocycles. The van der Waals surface area contributed by atoms with E-state index in [0.29, 0.717) is 20.9 Å². The van der Waals surface area contributed by atoms with E-state index in [-0.39, 0.29) is 12.1 Å². The van der Waals surface area contributed by atoms with Crippen molar-refractivity contribution in [3.63, 3.8) is 0 Å². The largest absolute Gasteiger partial charge is 0.459 e. The zero-order valence-electron chi connectivity index (χ0n) is 17.1. The molecule has 2 aromatic heterocycles. The number of hydrogen-bond acceptors (Lipinski definition) is 3. The van der Waals surface area contributed by atoms with Crippen molar-refractivity contribution in [3.8, 4) is 11.3 Å². The summed E-state index contributed by atoms with van der Waals surface area (Å²) in [5, 5.41) is 5.18. The van der Waals surface area contributed by atoms with Crippen molar-refractivity contribution < 1.29 is 4.42 Å². The fourth-order valence-electron chi connectivity index (χ4n) is 3.97. The molecule has 2 atom stereocenters. The molecule has 4 nitrogen and oxygen atoms in total. The van der Waals surface area contributed by atoms with Gasteiger partial charge in [0.25, 0.3) is 0 Å². The van der Waals surface area contributed by atoms with Crippen LogP contribution < -0.4 is 10.2 Å². The average molecular weight is 480 g/mol. The first kappa shape index (κ1) is 21.0. The molecule has 1 aliphatic rings. The minimum atomic E-state index is -0.222. The lowest BCUT2D eigenvalue weighted by molar-refractivity contribution is 0.439. The Morgan fingerprint density at radius 1 is 1.00 bits per heavy atom. The zero-order valence-corrected chi connectivity index (χ0v) is 19.5. The molecule has 160 valence electrons. The number of nitrogens with one attached hydrogen (secondary N) is 1. The highest BCUT2D eigenvalue weighted by molar-refractivity contribution is 7.80. The third kappa shape index (κ3) is 3.88. The van der Waals surface area contributed by atoms with Crippen LogP contribution in [0.2, 0.25) is 10.0 Å². The summed E-state index contributed by atoms with van der Waals surface area (Å²) in [5.74, 6) is 1.43. The van der Waals surface area contributed by atoms with E-state index in [4.69, 9.17) is 39.8 Å². The first-order chi connectivity index (χ1) is 15.5. The molecule has 0 unspecified atom stereocenters. The number of aryl methyl sites for hydroxylation is 1. The predicted molar refractivity (Wildman–Crippen MR) is 133 cm³/mol. The number of hydrogen-bond donors (Lipinski definition) is 1. The highest BCUT2D eigenvalue weighted by atomic mass is 35.5. The Bertz CT molecular complexity index is 1270. The molecule has 0 aliphatic carbocycles. The monoisotopic (exact) mass is 479 g/mol. The Morgan fingerprint density at radius 3 is 2.53 bits per heavy atom. The van der Waals surface area contributed by atoms with E-state index < -0.39 is 0 Å². The third-order valence-electron chi connectivity index (χ3n) is 5.53. The van der Waals surface area contributed by atoms with Crippen LogP contribution >= 0.6 is 35.4 Å². The Kier molecular flexibility index (Phi) is 5.64. The molecule has 0 radical (unpaired) electrons. The van der Waals surface area contributed by atoms with Crippen LogP contribution in [0.4, 0.5) is 5.69 Å². The second kappa shape index (κ2) is 8.58. The molecule has 5 rings (SSSR count). The van der Waals surface area contributed by atoms with Crippen LogP contribution in [0.5, 0.6) is 0 Å². The van der Waals surface area contributed by atoms with Gasteiger partial charge in [-0.2, -0.15) is 0 Å². The summed E-state index contributed by atoms with van der Waals surface area (Å²) in [6.45, 7) is 2.06. The molecule has 1 aliphatic heterocycles. The minimum absolute atomic E-state index is 0.176. The first-order valence-electron chi connectivity index (χ1n) is 10.1. The second-order valence-corrected chi connectivity index (χ2v) is 8.89. The van der Waals surface area contributed by atoms with Gasteiger partial charge in [-0.05, 0) is 73.7 Å². The normalized spacial score (nSPS) is 18.1. The SMILES string of the molecule is Cc1ccc(N2C(=S)N[C@@H](c3ccccn3)[C@@H]2c2ccc(-c3ccc(Cl)cc3Cl)o2)cc1. The summed E-state index contributed by atoms with van der Waals surface area (Å²) in [6.07, 6.45) is 1.78. The van der Waals surface area contributed by atoms with Gasteiger partial charge in [0.1, 0.15) is 17.6 Å². The Labute approximate surface area is 201 Å². The molecule has 1 fully saturated rings. The third-order valence-corrected chi connectivity index (χ3v) is 6.39. The maximum atomic E-state index is 6.42. The number of anilines is 1. The number of rotatable bonds is 4. The van der Waals surface area contributed by atoms with E-state index in [1.54, 1.807) is 18.3 Å². The molecule has 0 bridgehead atoms. The van der Waals surface area contributed by atoms with E-state index in [1.165, 1.54) is 5.56 Å². The smallest absolute Gasteiger partial charge is 0.174 e. The van der Waals surface area contributed by atoms with Gasteiger partial charge >= 0.3 is 0 Å². The van der Waals surface area contributed by atoms with Crippen LogP contribution in [-0.4, -0.2) is 10.1 Å². The molecular weight excluding hydrogens is 461 g/mol. The van der Waals surface area contributed by atoms with E-state index in [2.05, 4.69) is 46.4 Å². The summed E-state index contributed by atoms with van der Waals surface area (Å²) >= 11 is 18.2. The summed E-state index contributed by atoms with van der Waals surface area (Å²) in [6, 6.07) is 23.0. The lowest BCUT2D eigenvalue weighted by Crippen LogP contribution is -2.29. The van der Waals surface area contributed by atoms with Gasteiger partial charge < -0.3 is 14.6 Å². The number of halogens is 2. The van der Waals surface area contributed by atoms with Crippen LogP contribution in [0.15, 0.2) is 83.4 Å². The van der Waals surface area contributed by atoms with Crippen molar-refractivity contribution >= 4 is 46.2 Å². The predicted octanol–water partition coefficient (Wildman–Crippen LogP) is 7.13. The van der Waals surface area contributed by atoms with Crippen molar-refractivity contribution in [3.05, 3.63) is 106 Å². The van der Waals surface area contributed by atoms with Crippen molar-refractivity contribution in [1.29, 1.82) is 0 Å². The average Bonchev–Trinajstić information content (AvgIpc) is 3.39. The van der Waals surface area contributed by atoms with Crippen molar-refractivity contribution in [2.75, 3.05) is 4.90 Å². The Balaban J connectivity index is 1.60. The standard InChI is InChI=1S/C25H19Cl2N3OS/c1-15-5-8-17(9-6-15)30-24(23(29-25(30)32)20-4-2-3-13-28-20)22-12-11-21(31-22)18-10-7-16(26)14-19(18)27/h2-14,23-24H,1H3,(H,29,32)/t23-,24-/m0/s1. The Morgan fingerprint density at radius 2 is 1.81 bits per heavy atom. The molecular formula is C25H19Cl2N3OS. The highest BCUT2D eigenvalue weighted by Gasteiger charge is 2.42. The molecule has 0 spiro atoms. The lowest BCUT2D eigenvalue weighted by Gasteiger charge is -2.26. The molecule has 7 heteroatoms. The highest BCUT2D eigenvalue weighted by Crippen LogP contribution is 2.43. The molecule has 0 amide bonds. The van der Waals surface area contributed by atoms with Crippen LogP contribution in [0, 0.1) is 6.92 Å². The number of furan rings is 1. The van der Waals surface area contributed by atoms with E-state index in [1.807, 2.05) is 36.4 Å².